The van der Waals surface area contributed by atoms with Crippen LogP contribution in [0.15, 0.2) is 73.1 Å². The molecule has 0 saturated carbocycles. The van der Waals surface area contributed by atoms with Gasteiger partial charge in [0.2, 0.25) is 5.91 Å². The number of hydrogen-bond donors (Lipinski definition) is 1. The van der Waals surface area contributed by atoms with Crippen molar-refractivity contribution in [2.75, 3.05) is 18.0 Å². The van der Waals surface area contributed by atoms with Crippen LogP contribution in [0.1, 0.15) is 18.1 Å². The monoisotopic (exact) mass is 381 g/mol. The molecule has 0 aliphatic carbocycles. The number of halogens is 2. The van der Waals surface area contributed by atoms with Crippen molar-refractivity contribution in [3.05, 3.63) is 95.8 Å². The highest BCUT2D eigenvalue weighted by molar-refractivity contribution is 5.79. The van der Waals surface area contributed by atoms with Crippen LogP contribution in [-0.2, 0) is 10.2 Å². The summed E-state index contributed by atoms with van der Waals surface area (Å²) in [4.78, 5) is 17.6. The van der Waals surface area contributed by atoms with E-state index in [1.807, 2.05) is 19.1 Å². The number of carbonyl (C=O) groups excluding carboxylic acids is 1. The number of nitrogens with zero attached hydrogens (tertiary/aromatic N) is 2. The summed E-state index contributed by atoms with van der Waals surface area (Å²) in [6.07, 6.45) is 3.38. The molecule has 0 aliphatic rings. The minimum atomic E-state index is -0.597. The number of primary amides is 1. The normalized spacial score (nSPS) is 13.0. The molecule has 0 bridgehead atoms. The van der Waals surface area contributed by atoms with E-state index in [-0.39, 0.29) is 18.2 Å². The van der Waals surface area contributed by atoms with Gasteiger partial charge in [-0.15, -0.1) is 0 Å². The van der Waals surface area contributed by atoms with E-state index < -0.39 is 11.3 Å². The summed E-state index contributed by atoms with van der Waals surface area (Å²) in [6, 6.07) is 15.9. The van der Waals surface area contributed by atoms with Crippen molar-refractivity contribution >= 4 is 11.6 Å². The van der Waals surface area contributed by atoms with E-state index >= 15 is 0 Å². The van der Waals surface area contributed by atoms with Gasteiger partial charge in [0, 0.05) is 30.0 Å². The predicted octanol–water partition coefficient (Wildman–Crippen LogP) is 3.66. The fourth-order valence-corrected chi connectivity index (χ4v) is 3.35. The van der Waals surface area contributed by atoms with E-state index in [1.165, 1.54) is 24.3 Å². The lowest BCUT2D eigenvalue weighted by Crippen LogP contribution is -2.43. The minimum absolute atomic E-state index is 0.0342. The van der Waals surface area contributed by atoms with Crippen LogP contribution in [-0.4, -0.2) is 24.0 Å². The Labute approximate surface area is 162 Å². The van der Waals surface area contributed by atoms with Crippen molar-refractivity contribution in [2.45, 2.75) is 12.3 Å². The molecule has 28 heavy (non-hydrogen) atoms. The molecule has 1 atom stereocenters. The zero-order chi connectivity index (χ0) is 20.1. The fourth-order valence-electron chi connectivity index (χ4n) is 3.35. The highest BCUT2D eigenvalue weighted by Gasteiger charge is 2.32. The van der Waals surface area contributed by atoms with Crippen molar-refractivity contribution in [1.29, 1.82) is 0 Å². The zero-order valence-electron chi connectivity index (χ0n) is 15.5. The molecule has 1 amide bonds. The Hall–Kier alpha value is -3.28. The number of anilines is 1. The molecule has 0 aliphatic heterocycles. The molecule has 1 heterocycles. The third-order valence-corrected chi connectivity index (χ3v) is 4.84. The van der Waals surface area contributed by atoms with Crippen LogP contribution < -0.4 is 10.6 Å². The lowest BCUT2D eigenvalue weighted by Gasteiger charge is -2.37. The molecular formula is C22H21F2N3O. The largest absolute Gasteiger partial charge is 0.368 e. The Bertz CT molecular complexity index is 930. The number of aromatic nitrogens is 1. The van der Waals surface area contributed by atoms with E-state index in [1.54, 1.807) is 41.6 Å². The number of hydrogen-bond acceptors (Lipinski definition) is 3. The average Bonchev–Trinajstić information content (AvgIpc) is 2.69. The molecule has 0 spiro atoms. The van der Waals surface area contributed by atoms with Crippen molar-refractivity contribution < 1.29 is 13.6 Å². The second-order valence-corrected chi connectivity index (χ2v) is 6.87. The van der Waals surface area contributed by atoms with Gasteiger partial charge >= 0.3 is 0 Å². The van der Waals surface area contributed by atoms with E-state index in [4.69, 9.17) is 5.73 Å². The van der Waals surface area contributed by atoms with Crippen molar-refractivity contribution in [3.63, 3.8) is 0 Å². The van der Waals surface area contributed by atoms with Gasteiger partial charge in [0.05, 0.1) is 6.54 Å². The maximum absolute atomic E-state index is 13.5. The number of benzene rings is 2. The SMILES string of the molecule is CC(CN(CC(N)=O)c1ccc(F)cc1)(c1ccncc1)c1ccc(F)cc1. The minimum Gasteiger partial charge on any atom is -0.368 e. The van der Waals surface area contributed by atoms with Gasteiger partial charge in [-0.1, -0.05) is 12.1 Å². The molecule has 4 nitrogen and oxygen atoms in total. The highest BCUT2D eigenvalue weighted by Crippen LogP contribution is 2.34. The molecular weight excluding hydrogens is 360 g/mol. The first-order valence-corrected chi connectivity index (χ1v) is 8.84. The van der Waals surface area contributed by atoms with Gasteiger partial charge < -0.3 is 10.6 Å². The lowest BCUT2D eigenvalue weighted by atomic mass is 9.76. The Balaban J connectivity index is 2.06. The molecule has 2 aromatic carbocycles. The molecule has 3 aromatic rings. The van der Waals surface area contributed by atoms with Gasteiger partial charge in [0.25, 0.3) is 0 Å². The maximum Gasteiger partial charge on any atom is 0.236 e. The highest BCUT2D eigenvalue weighted by atomic mass is 19.1. The molecule has 3 rings (SSSR count). The molecule has 0 saturated heterocycles. The standard InChI is InChI=1S/C22H21F2N3O/c1-22(17-10-12-26-13-11-17,16-2-4-18(23)5-3-16)15-27(14-21(25)28)20-8-6-19(24)7-9-20/h2-13H,14-15H2,1H3,(H2,25,28). The molecule has 144 valence electrons. The summed E-state index contributed by atoms with van der Waals surface area (Å²) in [6.45, 7) is 2.35. The first-order chi connectivity index (χ1) is 13.4. The Morgan fingerprint density at radius 2 is 1.43 bits per heavy atom. The fraction of sp³-hybridized carbons (Fsp3) is 0.182. The Morgan fingerprint density at radius 1 is 0.929 bits per heavy atom. The van der Waals surface area contributed by atoms with Gasteiger partial charge in [-0.25, -0.2) is 8.78 Å². The van der Waals surface area contributed by atoms with Gasteiger partial charge in [-0.05, 0) is 66.6 Å². The van der Waals surface area contributed by atoms with Crippen LogP contribution in [0.4, 0.5) is 14.5 Å². The maximum atomic E-state index is 13.5. The van der Waals surface area contributed by atoms with Crippen LogP contribution in [0.3, 0.4) is 0 Å². The van der Waals surface area contributed by atoms with Crippen molar-refractivity contribution in [2.24, 2.45) is 5.73 Å². The summed E-state index contributed by atoms with van der Waals surface area (Å²) < 4.78 is 26.9. The van der Waals surface area contributed by atoms with Gasteiger partial charge in [-0.2, -0.15) is 0 Å². The number of pyridine rings is 1. The van der Waals surface area contributed by atoms with Crippen molar-refractivity contribution in [3.8, 4) is 0 Å². The topological polar surface area (TPSA) is 59.2 Å². The number of rotatable bonds is 7. The third-order valence-electron chi connectivity index (χ3n) is 4.84. The Morgan fingerprint density at radius 3 is 1.96 bits per heavy atom. The van der Waals surface area contributed by atoms with Crippen LogP contribution in [0.25, 0.3) is 0 Å². The molecule has 6 heteroatoms. The molecule has 1 aromatic heterocycles. The summed E-state index contributed by atoms with van der Waals surface area (Å²) in [7, 11) is 0. The predicted molar refractivity (Wildman–Crippen MR) is 105 cm³/mol. The summed E-state index contributed by atoms with van der Waals surface area (Å²) in [5.74, 6) is -1.19. The third kappa shape index (κ3) is 4.34. The van der Waals surface area contributed by atoms with E-state index in [0.29, 0.717) is 12.2 Å². The van der Waals surface area contributed by atoms with Crippen LogP contribution in [0, 0.1) is 11.6 Å². The van der Waals surface area contributed by atoms with Gasteiger partial charge in [0.1, 0.15) is 11.6 Å². The zero-order valence-corrected chi connectivity index (χ0v) is 15.5. The van der Waals surface area contributed by atoms with Gasteiger partial charge in [0.15, 0.2) is 0 Å². The molecule has 1 unspecified atom stereocenters. The van der Waals surface area contributed by atoms with Crippen LogP contribution in [0.5, 0.6) is 0 Å². The molecule has 0 fully saturated rings. The second kappa shape index (κ2) is 8.17. The van der Waals surface area contributed by atoms with E-state index in [0.717, 1.165) is 11.1 Å². The van der Waals surface area contributed by atoms with E-state index in [9.17, 15) is 13.6 Å². The first kappa shape index (κ1) is 19.5. The first-order valence-electron chi connectivity index (χ1n) is 8.84. The van der Waals surface area contributed by atoms with Crippen LogP contribution >= 0.6 is 0 Å². The number of amides is 1. The molecule has 0 radical (unpaired) electrons. The molecule has 2 N–H and O–H groups in total. The number of carbonyl (C=O) groups is 1. The quantitative estimate of drug-likeness (QED) is 0.680. The Kier molecular flexibility index (Phi) is 5.68. The summed E-state index contributed by atoms with van der Waals surface area (Å²) in [5, 5.41) is 0. The smallest absolute Gasteiger partial charge is 0.236 e. The summed E-state index contributed by atoms with van der Waals surface area (Å²) >= 11 is 0. The second-order valence-electron chi connectivity index (χ2n) is 6.87. The lowest BCUT2D eigenvalue weighted by molar-refractivity contribution is -0.116. The average molecular weight is 381 g/mol. The summed E-state index contributed by atoms with van der Waals surface area (Å²) in [5.41, 5.74) is 7.36. The van der Waals surface area contributed by atoms with Crippen LogP contribution in [0.2, 0.25) is 0 Å². The van der Waals surface area contributed by atoms with Crippen molar-refractivity contribution in [1.82, 2.24) is 4.98 Å². The van der Waals surface area contributed by atoms with E-state index in [2.05, 4.69) is 4.98 Å². The van der Waals surface area contributed by atoms with Gasteiger partial charge in [-0.3, -0.25) is 9.78 Å². The number of nitrogens with two attached hydrogens (primary N) is 1.